The first-order valence-electron chi connectivity index (χ1n) is 10.1. The first kappa shape index (κ1) is 22.5. The third-order valence-electron chi connectivity index (χ3n) is 4.98. The fourth-order valence-electron chi connectivity index (χ4n) is 3.03. The van der Waals surface area contributed by atoms with Crippen LogP contribution in [-0.4, -0.2) is 24.1 Å². The van der Waals surface area contributed by atoms with Gasteiger partial charge in [0.05, 0.1) is 22.4 Å². The van der Waals surface area contributed by atoms with Gasteiger partial charge in [-0.15, -0.1) is 11.3 Å². The molecule has 0 fully saturated rings. The van der Waals surface area contributed by atoms with Gasteiger partial charge in [-0.05, 0) is 43.5 Å². The number of rotatable bonds is 8. The highest BCUT2D eigenvalue weighted by molar-refractivity contribution is 7.15. The van der Waals surface area contributed by atoms with Gasteiger partial charge in [0.2, 0.25) is 0 Å². The highest BCUT2D eigenvalue weighted by Crippen LogP contribution is 2.30. The van der Waals surface area contributed by atoms with Crippen LogP contribution in [0.25, 0.3) is 10.4 Å². The molecule has 1 heterocycles. The molecule has 2 amide bonds. The lowest BCUT2D eigenvalue weighted by molar-refractivity contribution is -0.151. The molecule has 0 saturated carbocycles. The Morgan fingerprint density at radius 2 is 1.77 bits per heavy atom. The van der Waals surface area contributed by atoms with Crippen molar-refractivity contribution in [3.8, 4) is 10.4 Å². The van der Waals surface area contributed by atoms with Crippen molar-refractivity contribution in [2.24, 2.45) is 5.41 Å². The second kappa shape index (κ2) is 10.2. The van der Waals surface area contributed by atoms with Gasteiger partial charge in [0, 0.05) is 24.8 Å². The number of urea groups is 1. The maximum atomic E-state index is 12.1. The smallest absolute Gasteiger partial charge is 0.319 e. The maximum absolute atomic E-state index is 12.1. The Balaban J connectivity index is 1.53. The van der Waals surface area contributed by atoms with Gasteiger partial charge in [-0.25, -0.2) is 9.78 Å². The van der Waals surface area contributed by atoms with Crippen molar-refractivity contribution < 1.29 is 14.3 Å². The van der Waals surface area contributed by atoms with Crippen LogP contribution in [0.2, 0.25) is 0 Å². The van der Waals surface area contributed by atoms with Crippen LogP contribution >= 0.6 is 11.3 Å². The van der Waals surface area contributed by atoms with E-state index in [1.807, 2.05) is 74.6 Å². The van der Waals surface area contributed by atoms with Crippen molar-refractivity contribution in [3.05, 3.63) is 71.4 Å². The van der Waals surface area contributed by atoms with Gasteiger partial charge in [-0.1, -0.05) is 42.5 Å². The van der Waals surface area contributed by atoms with Crippen LogP contribution < -0.4 is 10.6 Å². The maximum Gasteiger partial charge on any atom is 0.319 e. The zero-order chi connectivity index (χ0) is 22.3. The van der Waals surface area contributed by atoms with E-state index in [-0.39, 0.29) is 12.0 Å². The number of hydrogen-bond acceptors (Lipinski definition) is 5. The molecule has 0 atom stereocenters. The molecule has 0 aliphatic carbocycles. The van der Waals surface area contributed by atoms with Crippen molar-refractivity contribution in [1.82, 2.24) is 10.3 Å². The standard InChI is InChI=1S/C24H27N3O3S/c1-24(2,22(28)30-3)14-13-21-25-16-20(31-21)18-9-11-19(12-10-18)27-23(29)26-15-17-7-5-4-6-8-17/h4-12,16H,13-15H2,1-3H3,(H2,26,27,29). The molecule has 0 unspecified atom stereocenters. The second-order valence-electron chi connectivity index (χ2n) is 7.86. The third-order valence-corrected chi connectivity index (χ3v) is 6.08. The fraction of sp³-hybridized carbons (Fsp3) is 0.292. The lowest BCUT2D eigenvalue weighted by Crippen LogP contribution is -2.28. The minimum atomic E-state index is -0.533. The Bertz CT molecular complexity index is 1010. The van der Waals surface area contributed by atoms with E-state index in [9.17, 15) is 9.59 Å². The Hall–Kier alpha value is -3.19. The van der Waals surface area contributed by atoms with Gasteiger partial charge in [0.15, 0.2) is 0 Å². The van der Waals surface area contributed by atoms with Crippen LogP contribution in [0.1, 0.15) is 30.8 Å². The summed E-state index contributed by atoms with van der Waals surface area (Å²) in [4.78, 5) is 29.5. The SMILES string of the molecule is COC(=O)C(C)(C)CCc1ncc(-c2ccc(NC(=O)NCc3ccccc3)cc2)s1. The summed E-state index contributed by atoms with van der Waals surface area (Å²) >= 11 is 1.61. The van der Waals surface area contributed by atoms with Crippen molar-refractivity contribution in [3.63, 3.8) is 0 Å². The lowest BCUT2D eigenvalue weighted by Gasteiger charge is -2.20. The summed E-state index contributed by atoms with van der Waals surface area (Å²) in [5, 5.41) is 6.67. The number of nitrogens with one attached hydrogen (secondary N) is 2. The molecule has 3 rings (SSSR count). The van der Waals surface area contributed by atoms with Crippen LogP contribution in [0.15, 0.2) is 60.8 Å². The molecule has 1 aromatic heterocycles. The van der Waals surface area contributed by atoms with Gasteiger partial charge in [-0.2, -0.15) is 0 Å². The number of carbonyl (C=O) groups excluding carboxylic acids is 2. The van der Waals surface area contributed by atoms with E-state index < -0.39 is 5.41 Å². The third kappa shape index (κ3) is 6.39. The molecule has 0 bridgehead atoms. The molecule has 6 nitrogen and oxygen atoms in total. The quantitative estimate of drug-likeness (QED) is 0.471. The minimum Gasteiger partial charge on any atom is -0.469 e. The molecule has 0 saturated heterocycles. The van der Waals surface area contributed by atoms with Crippen LogP contribution in [0.4, 0.5) is 10.5 Å². The largest absolute Gasteiger partial charge is 0.469 e. The summed E-state index contributed by atoms with van der Waals surface area (Å²) in [5.74, 6) is -0.208. The van der Waals surface area contributed by atoms with Crippen LogP contribution in [0, 0.1) is 5.41 Å². The molecule has 31 heavy (non-hydrogen) atoms. The number of methoxy groups -OCH3 is 1. The molecular formula is C24H27N3O3S. The molecule has 7 heteroatoms. The predicted octanol–water partition coefficient (Wildman–Crippen LogP) is 5.26. The van der Waals surface area contributed by atoms with E-state index in [0.717, 1.165) is 26.7 Å². The number of nitrogens with zero attached hydrogens (tertiary/aromatic N) is 1. The van der Waals surface area contributed by atoms with E-state index in [1.165, 1.54) is 7.11 Å². The number of hydrogen-bond donors (Lipinski definition) is 2. The fourth-order valence-corrected chi connectivity index (χ4v) is 3.95. The van der Waals surface area contributed by atoms with E-state index in [1.54, 1.807) is 11.3 Å². The molecule has 162 valence electrons. The number of ether oxygens (including phenoxy) is 1. The molecule has 2 N–H and O–H groups in total. The molecule has 0 radical (unpaired) electrons. The van der Waals surface area contributed by atoms with E-state index in [0.29, 0.717) is 19.4 Å². The van der Waals surface area contributed by atoms with Crippen molar-refractivity contribution in [2.75, 3.05) is 12.4 Å². The Morgan fingerprint density at radius 3 is 2.45 bits per heavy atom. The Labute approximate surface area is 186 Å². The molecular weight excluding hydrogens is 410 g/mol. The zero-order valence-electron chi connectivity index (χ0n) is 18.0. The predicted molar refractivity (Wildman–Crippen MR) is 124 cm³/mol. The van der Waals surface area contributed by atoms with Crippen LogP contribution in [0.3, 0.4) is 0 Å². The van der Waals surface area contributed by atoms with Gasteiger partial charge in [0.1, 0.15) is 0 Å². The highest BCUT2D eigenvalue weighted by Gasteiger charge is 2.28. The lowest BCUT2D eigenvalue weighted by atomic mass is 9.88. The monoisotopic (exact) mass is 437 g/mol. The molecule has 0 aliphatic rings. The van der Waals surface area contributed by atoms with Crippen LogP contribution in [-0.2, 0) is 22.5 Å². The summed E-state index contributed by atoms with van der Waals surface area (Å²) in [6.07, 6.45) is 3.24. The molecule has 0 aliphatic heterocycles. The van der Waals surface area contributed by atoms with E-state index in [4.69, 9.17) is 4.74 Å². The first-order valence-corrected chi connectivity index (χ1v) is 10.9. The number of carbonyl (C=O) groups is 2. The summed E-state index contributed by atoms with van der Waals surface area (Å²) in [6, 6.07) is 17.2. The number of anilines is 1. The van der Waals surface area contributed by atoms with Gasteiger partial charge in [-0.3, -0.25) is 4.79 Å². The normalized spacial score (nSPS) is 11.1. The second-order valence-corrected chi connectivity index (χ2v) is 8.98. The summed E-state index contributed by atoms with van der Waals surface area (Å²) in [6.45, 7) is 4.24. The molecule has 2 aromatic carbocycles. The highest BCUT2D eigenvalue weighted by atomic mass is 32.1. The van der Waals surface area contributed by atoms with E-state index >= 15 is 0 Å². The number of esters is 1. The van der Waals surface area contributed by atoms with Gasteiger partial charge in [0.25, 0.3) is 0 Å². The number of amides is 2. The van der Waals surface area contributed by atoms with Gasteiger partial charge >= 0.3 is 12.0 Å². The van der Waals surface area contributed by atoms with E-state index in [2.05, 4.69) is 15.6 Å². The number of aryl methyl sites for hydroxylation is 1. The zero-order valence-corrected chi connectivity index (χ0v) is 18.8. The average molecular weight is 438 g/mol. The molecule has 0 spiro atoms. The summed E-state index contributed by atoms with van der Waals surface area (Å²) in [5.41, 5.74) is 2.27. The van der Waals surface area contributed by atoms with Gasteiger partial charge < -0.3 is 15.4 Å². The van der Waals surface area contributed by atoms with Crippen molar-refractivity contribution >= 4 is 29.0 Å². The number of thiazole rings is 1. The number of benzene rings is 2. The minimum absolute atomic E-state index is 0.208. The average Bonchev–Trinajstić information content (AvgIpc) is 3.26. The number of aromatic nitrogens is 1. The summed E-state index contributed by atoms with van der Waals surface area (Å²) < 4.78 is 4.86. The topological polar surface area (TPSA) is 80.3 Å². The Kier molecular flexibility index (Phi) is 7.41. The van der Waals surface area contributed by atoms with Crippen LogP contribution in [0.5, 0.6) is 0 Å². The first-order chi connectivity index (χ1) is 14.9. The Morgan fingerprint density at radius 1 is 1.06 bits per heavy atom. The van der Waals surface area contributed by atoms with Crippen molar-refractivity contribution in [2.45, 2.75) is 33.2 Å². The molecule has 3 aromatic rings. The summed E-state index contributed by atoms with van der Waals surface area (Å²) in [7, 11) is 1.41. The van der Waals surface area contributed by atoms with Crippen molar-refractivity contribution in [1.29, 1.82) is 0 Å².